The second kappa shape index (κ2) is 7.74. The van der Waals surface area contributed by atoms with Crippen LogP contribution in [0.25, 0.3) is 11.3 Å². The molecule has 0 unspecified atom stereocenters. The highest BCUT2D eigenvalue weighted by Crippen LogP contribution is 2.32. The summed E-state index contributed by atoms with van der Waals surface area (Å²) in [4.78, 5) is 22.2. The standard InChI is InChI=1S/C21H21Cl2N3O2/c1-12(2)20-24-18-7-8-26(11-16(18)21(27)25-20)10-14-4-6-19(28-14)15-9-13(22)3-5-17(15)23/h3-6,9,12H,7-8,10-11H2,1-2H3,(H,24,25,27). The first-order chi connectivity index (χ1) is 13.4. The predicted octanol–water partition coefficient (Wildman–Crippen LogP) is 5.02. The number of hydrogen-bond donors (Lipinski definition) is 1. The number of rotatable bonds is 4. The molecule has 1 aliphatic rings. The zero-order valence-corrected chi connectivity index (χ0v) is 17.3. The first-order valence-corrected chi connectivity index (χ1v) is 10.0. The van der Waals surface area contributed by atoms with Crippen LogP contribution in [0.15, 0.2) is 39.5 Å². The maximum absolute atomic E-state index is 12.5. The molecule has 0 radical (unpaired) electrons. The van der Waals surface area contributed by atoms with Crippen molar-refractivity contribution in [2.45, 2.75) is 39.3 Å². The number of furan rings is 1. The van der Waals surface area contributed by atoms with Crippen LogP contribution in [-0.4, -0.2) is 21.4 Å². The number of nitrogens with one attached hydrogen (secondary N) is 1. The topological polar surface area (TPSA) is 62.1 Å². The molecule has 0 saturated heterocycles. The van der Waals surface area contributed by atoms with Crippen LogP contribution >= 0.6 is 23.2 Å². The summed E-state index contributed by atoms with van der Waals surface area (Å²) >= 11 is 12.3. The second-order valence-corrected chi connectivity index (χ2v) is 8.23. The molecule has 28 heavy (non-hydrogen) atoms. The van der Waals surface area contributed by atoms with Gasteiger partial charge in [-0.3, -0.25) is 9.69 Å². The third kappa shape index (κ3) is 3.88. The van der Waals surface area contributed by atoms with E-state index in [2.05, 4.69) is 14.9 Å². The van der Waals surface area contributed by atoms with Gasteiger partial charge in [0.2, 0.25) is 0 Å². The second-order valence-electron chi connectivity index (χ2n) is 7.38. The monoisotopic (exact) mass is 417 g/mol. The number of aromatic amines is 1. The zero-order chi connectivity index (χ0) is 19.8. The van der Waals surface area contributed by atoms with E-state index in [-0.39, 0.29) is 11.5 Å². The Morgan fingerprint density at radius 3 is 2.86 bits per heavy atom. The van der Waals surface area contributed by atoms with E-state index in [1.54, 1.807) is 18.2 Å². The minimum absolute atomic E-state index is 0.0377. The summed E-state index contributed by atoms with van der Waals surface area (Å²) in [6.45, 7) is 6.06. The van der Waals surface area contributed by atoms with Gasteiger partial charge in [-0.25, -0.2) is 4.98 Å². The number of fused-ring (bicyclic) bond motifs is 1. The molecular formula is C21H21Cl2N3O2. The molecule has 0 bridgehead atoms. The van der Waals surface area contributed by atoms with E-state index < -0.39 is 0 Å². The molecule has 1 N–H and O–H groups in total. The van der Waals surface area contributed by atoms with Crippen LogP contribution in [0.2, 0.25) is 10.0 Å². The zero-order valence-electron chi connectivity index (χ0n) is 15.8. The van der Waals surface area contributed by atoms with Gasteiger partial charge in [-0.15, -0.1) is 0 Å². The number of hydrogen-bond acceptors (Lipinski definition) is 4. The molecule has 0 fully saturated rings. The number of aromatic nitrogens is 2. The van der Waals surface area contributed by atoms with E-state index in [1.807, 2.05) is 26.0 Å². The Morgan fingerprint density at radius 2 is 2.07 bits per heavy atom. The molecular weight excluding hydrogens is 397 g/mol. The number of H-pyrrole nitrogens is 1. The van der Waals surface area contributed by atoms with Gasteiger partial charge in [-0.05, 0) is 30.3 Å². The van der Waals surface area contributed by atoms with Gasteiger partial charge in [0.05, 0.1) is 22.8 Å². The van der Waals surface area contributed by atoms with E-state index in [9.17, 15) is 4.79 Å². The molecule has 0 aliphatic carbocycles. The summed E-state index contributed by atoms with van der Waals surface area (Å²) in [5, 5.41) is 1.20. The highest BCUT2D eigenvalue weighted by molar-refractivity contribution is 6.35. The molecule has 1 aliphatic heterocycles. The fourth-order valence-electron chi connectivity index (χ4n) is 3.42. The summed E-state index contributed by atoms with van der Waals surface area (Å²) in [6.07, 6.45) is 0.757. The molecule has 0 saturated carbocycles. The Morgan fingerprint density at radius 1 is 1.25 bits per heavy atom. The van der Waals surface area contributed by atoms with Gasteiger partial charge in [0, 0.05) is 36.0 Å². The number of halogens is 2. The Balaban J connectivity index is 1.52. The highest BCUT2D eigenvalue weighted by Gasteiger charge is 2.22. The number of nitrogens with zero attached hydrogens (tertiary/aromatic N) is 2. The van der Waals surface area contributed by atoms with Crippen molar-refractivity contribution < 1.29 is 4.42 Å². The normalized spacial score (nSPS) is 14.5. The molecule has 0 atom stereocenters. The average Bonchev–Trinajstić information content (AvgIpc) is 3.12. The molecule has 5 nitrogen and oxygen atoms in total. The van der Waals surface area contributed by atoms with Crippen molar-refractivity contribution >= 4 is 23.2 Å². The van der Waals surface area contributed by atoms with Crippen molar-refractivity contribution in [1.82, 2.24) is 14.9 Å². The average molecular weight is 418 g/mol. The Kier molecular flexibility index (Phi) is 5.32. The van der Waals surface area contributed by atoms with Gasteiger partial charge in [-0.2, -0.15) is 0 Å². The van der Waals surface area contributed by atoms with E-state index in [1.165, 1.54) is 0 Å². The smallest absolute Gasteiger partial charge is 0.255 e. The summed E-state index contributed by atoms with van der Waals surface area (Å²) in [7, 11) is 0. The largest absolute Gasteiger partial charge is 0.460 e. The van der Waals surface area contributed by atoms with Crippen LogP contribution in [0.3, 0.4) is 0 Å². The van der Waals surface area contributed by atoms with Crippen LogP contribution in [0.4, 0.5) is 0 Å². The Labute approximate surface area is 173 Å². The minimum atomic E-state index is -0.0377. The lowest BCUT2D eigenvalue weighted by molar-refractivity contribution is 0.223. The van der Waals surface area contributed by atoms with Gasteiger partial charge in [-0.1, -0.05) is 37.0 Å². The first kappa shape index (κ1) is 19.2. The Bertz CT molecular complexity index is 1070. The van der Waals surface area contributed by atoms with Crippen molar-refractivity contribution in [2.24, 2.45) is 0 Å². The predicted molar refractivity (Wildman–Crippen MR) is 111 cm³/mol. The molecule has 0 amide bonds. The van der Waals surface area contributed by atoms with E-state index >= 15 is 0 Å². The maximum Gasteiger partial charge on any atom is 0.255 e. The molecule has 3 aromatic rings. The van der Waals surface area contributed by atoms with Crippen molar-refractivity contribution in [1.29, 1.82) is 0 Å². The molecule has 146 valence electrons. The van der Waals surface area contributed by atoms with E-state index in [0.29, 0.717) is 28.9 Å². The van der Waals surface area contributed by atoms with Crippen LogP contribution in [-0.2, 0) is 19.5 Å². The van der Waals surface area contributed by atoms with Crippen LogP contribution in [0.1, 0.15) is 42.6 Å². The number of benzene rings is 1. The minimum Gasteiger partial charge on any atom is -0.460 e. The summed E-state index contributed by atoms with van der Waals surface area (Å²) < 4.78 is 5.99. The van der Waals surface area contributed by atoms with Crippen LogP contribution < -0.4 is 5.56 Å². The van der Waals surface area contributed by atoms with Crippen molar-refractivity contribution in [2.75, 3.05) is 6.54 Å². The van der Waals surface area contributed by atoms with Crippen molar-refractivity contribution in [3.8, 4) is 11.3 Å². The molecule has 2 aromatic heterocycles. The van der Waals surface area contributed by atoms with Gasteiger partial charge >= 0.3 is 0 Å². The molecule has 1 aromatic carbocycles. The van der Waals surface area contributed by atoms with Gasteiger partial charge < -0.3 is 9.40 Å². The molecule has 3 heterocycles. The fourth-order valence-corrected chi connectivity index (χ4v) is 3.81. The quantitative estimate of drug-likeness (QED) is 0.647. The summed E-state index contributed by atoms with van der Waals surface area (Å²) in [6, 6.07) is 9.13. The maximum atomic E-state index is 12.5. The van der Waals surface area contributed by atoms with Crippen molar-refractivity contribution in [3.63, 3.8) is 0 Å². The SMILES string of the molecule is CC(C)c1nc2c(c(=O)[nH]1)CN(Cc1ccc(-c3cc(Cl)ccc3Cl)o1)CC2. The van der Waals surface area contributed by atoms with E-state index in [4.69, 9.17) is 27.6 Å². The third-order valence-electron chi connectivity index (χ3n) is 4.95. The van der Waals surface area contributed by atoms with Gasteiger partial charge in [0.25, 0.3) is 5.56 Å². The lowest BCUT2D eigenvalue weighted by atomic mass is 10.1. The lowest BCUT2D eigenvalue weighted by Crippen LogP contribution is -2.35. The van der Waals surface area contributed by atoms with Crippen LogP contribution in [0.5, 0.6) is 0 Å². The van der Waals surface area contributed by atoms with Crippen LogP contribution in [0, 0.1) is 0 Å². The highest BCUT2D eigenvalue weighted by atomic mass is 35.5. The first-order valence-electron chi connectivity index (χ1n) is 9.29. The van der Waals surface area contributed by atoms with E-state index in [0.717, 1.165) is 41.4 Å². The molecule has 0 spiro atoms. The van der Waals surface area contributed by atoms with Gasteiger partial charge in [0.1, 0.15) is 17.3 Å². The van der Waals surface area contributed by atoms with Gasteiger partial charge in [0.15, 0.2) is 0 Å². The molecule has 7 heteroatoms. The van der Waals surface area contributed by atoms with Crippen molar-refractivity contribution in [3.05, 3.63) is 73.6 Å². The summed E-state index contributed by atoms with van der Waals surface area (Å²) in [5.74, 6) is 2.46. The Hall–Kier alpha value is -2.08. The molecule has 4 rings (SSSR count). The fraction of sp³-hybridized carbons (Fsp3) is 0.333. The third-order valence-corrected chi connectivity index (χ3v) is 5.51. The lowest BCUT2D eigenvalue weighted by Gasteiger charge is -2.27. The summed E-state index contributed by atoms with van der Waals surface area (Å²) in [5.41, 5.74) is 2.39.